The summed E-state index contributed by atoms with van der Waals surface area (Å²) in [5.41, 5.74) is 2.58. The van der Waals surface area contributed by atoms with Crippen LogP contribution in [0.4, 0.5) is 0 Å². The normalized spacial score (nSPS) is 11.0. The smallest absolute Gasteiger partial charge is 0.375 e. The van der Waals surface area contributed by atoms with Crippen LogP contribution < -0.4 is 0 Å². The second-order valence-electron chi connectivity index (χ2n) is 4.73. The second-order valence-corrected chi connectivity index (χ2v) is 4.73. The molecule has 0 aliphatic carbocycles. The first kappa shape index (κ1) is 13.2. The van der Waals surface area contributed by atoms with Crippen LogP contribution in [-0.2, 0) is 0 Å². The summed E-state index contributed by atoms with van der Waals surface area (Å²) in [5, 5.41) is 13.1. The fraction of sp³-hybridized carbons (Fsp3) is 0.385. The highest BCUT2D eigenvalue weighted by Crippen LogP contribution is 2.21. The van der Waals surface area contributed by atoms with E-state index in [2.05, 4.69) is 15.1 Å². The van der Waals surface area contributed by atoms with Crippen LogP contribution in [0.2, 0.25) is 0 Å². The maximum absolute atomic E-state index is 11.0. The van der Waals surface area contributed by atoms with E-state index in [4.69, 9.17) is 5.11 Å². The van der Waals surface area contributed by atoms with E-state index in [1.54, 1.807) is 10.9 Å². The van der Waals surface area contributed by atoms with Gasteiger partial charge in [-0.2, -0.15) is 0 Å². The summed E-state index contributed by atoms with van der Waals surface area (Å²) in [7, 11) is 0. The third kappa shape index (κ3) is 2.33. The summed E-state index contributed by atoms with van der Waals surface area (Å²) in [5.74, 6) is -0.623. The van der Waals surface area contributed by atoms with Crippen molar-refractivity contribution >= 4 is 5.97 Å². The highest BCUT2D eigenvalue weighted by molar-refractivity contribution is 5.83. The number of aromatic carboxylic acids is 1. The number of pyridine rings is 1. The number of carboxylic acid groups (broad SMARTS) is 1. The molecule has 0 aliphatic heterocycles. The molecule has 19 heavy (non-hydrogen) atoms. The fourth-order valence-electron chi connectivity index (χ4n) is 1.96. The van der Waals surface area contributed by atoms with Gasteiger partial charge < -0.3 is 5.11 Å². The standard InChI is InChI=1S/C13H16N4O2/c1-7(2)12-15-11(13(18)19)16-17(12)10-8(3)5-6-14-9(10)4/h5-7H,1-4H3,(H,18,19). The molecular weight excluding hydrogens is 244 g/mol. The Morgan fingerprint density at radius 1 is 1.37 bits per heavy atom. The molecule has 2 aromatic rings. The lowest BCUT2D eigenvalue weighted by atomic mass is 10.1. The number of nitrogens with zero attached hydrogens (tertiary/aromatic N) is 4. The Kier molecular flexibility index (Phi) is 3.33. The third-order valence-electron chi connectivity index (χ3n) is 2.86. The molecule has 6 nitrogen and oxygen atoms in total. The van der Waals surface area contributed by atoms with Crippen LogP contribution >= 0.6 is 0 Å². The van der Waals surface area contributed by atoms with E-state index in [0.29, 0.717) is 5.82 Å². The maximum Gasteiger partial charge on any atom is 0.375 e. The third-order valence-corrected chi connectivity index (χ3v) is 2.86. The summed E-state index contributed by atoms with van der Waals surface area (Å²) in [4.78, 5) is 19.4. The van der Waals surface area contributed by atoms with Crippen molar-refractivity contribution < 1.29 is 9.90 Å². The van der Waals surface area contributed by atoms with Gasteiger partial charge in [-0.1, -0.05) is 13.8 Å². The van der Waals surface area contributed by atoms with E-state index in [-0.39, 0.29) is 11.7 Å². The lowest BCUT2D eigenvalue weighted by Crippen LogP contribution is -2.09. The number of rotatable bonds is 3. The summed E-state index contributed by atoms with van der Waals surface area (Å²) >= 11 is 0. The molecule has 2 rings (SSSR count). The van der Waals surface area contributed by atoms with Crippen molar-refractivity contribution in [2.24, 2.45) is 0 Å². The first-order chi connectivity index (χ1) is 8.91. The Balaban J connectivity index is 2.70. The topological polar surface area (TPSA) is 80.9 Å². The van der Waals surface area contributed by atoms with Crippen LogP contribution in [0.1, 0.15) is 47.5 Å². The Morgan fingerprint density at radius 3 is 2.58 bits per heavy atom. The molecule has 0 aromatic carbocycles. The van der Waals surface area contributed by atoms with E-state index in [9.17, 15) is 4.79 Å². The largest absolute Gasteiger partial charge is 0.475 e. The fourth-order valence-corrected chi connectivity index (χ4v) is 1.96. The minimum Gasteiger partial charge on any atom is -0.475 e. The Bertz CT molecular complexity index is 611. The van der Waals surface area contributed by atoms with Gasteiger partial charge in [0.1, 0.15) is 5.82 Å². The van der Waals surface area contributed by atoms with Crippen molar-refractivity contribution in [2.75, 3.05) is 0 Å². The van der Waals surface area contributed by atoms with Gasteiger partial charge in [-0.25, -0.2) is 14.5 Å². The predicted octanol–water partition coefficient (Wildman–Crippen LogP) is 2.10. The van der Waals surface area contributed by atoms with E-state index >= 15 is 0 Å². The molecule has 100 valence electrons. The minimum absolute atomic E-state index is 0.0691. The second kappa shape index (κ2) is 4.79. The van der Waals surface area contributed by atoms with Gasteiger partial charge in [-0.15, -0.1) is 5.10 Å². The molecule has 0 radical (unpaired) electrons. The molecule has 2 aromatic heterocycles. The van der Waals surface area contributed by atoms with Crippen LogP contribution in [0.3, 0.4) is 0 Å². The lowest BCUT2D eigenvalue weighted by Gasteiger charge is -2.12. The summed E-state index contributed by atoms with van der Waals surface area (Å²) in [6, 6.07) is 1.87. The molecular formula is C13H16N4O2. The Hall–Kier alpha value is -2.24. The highest BCUT2D eigenvalue weighted by Gasteiger charge is 2.20. The molecule has 0 amide bonds. The van der Waals surface area contributed by atoms with Gasteiger partial charge >= 0.3 is 5.97 Å². The molecule has 0 atom stereocenters. The number of hydrogen-bond donors (Lipinski definition) is 1. The van der Waals surface area contributed by atoms with Crippen molar-refractivity contribution in [1.29, 1.82) is 0 Å². The molecule has 0 fully saturated rings. The molecule has 0 unspecified atom stereocenters. The maximum atomic E-state index is 11.0. The van der Waals surface area contributed by atoms with Gasteiger partial charge in [0, 0.05) is 12.1 Å². The summed E-state index contributed by atoms with van der Waals surface area (Å²) < 4.78 is 1.59. The zero-order valence-electron chi connectivity index (χ0n) is 11.4. The van der Waals surface area contributed by atoms with Crippen LogP contribution in [0.25, 0.3) is 5.69 Å². The number of hydrogen-bond acceptors (Lipinski definition) is 4. The first-order valence-corrected chi connectivity index (χ1v) is 6.04. The van der Waals surface area contributed by atoms with Gasteiger partial charge in [0.15, 0.2) is 0 Å². The molecule has 6 heteroatoms. The lowest BCUT2D eigenvalue weighted by molar-refractivity contribution is 0.0683. The van der Waals surface area contributed by atoms with Gasteiger partial charge in [-0.05, 0) is 25.5 Å². The van der Waals surface area contributed by atoms with Crippen molar-refractivity contribution in [3.05, 3.63) is 35.2 Å². The first-order valence-electron chi connectivity index (χ1n) is 6.04. The van der Waals surface area contributed by atoms with Gasteiger partial charge in [0.2, 0.25) is 0 Å². The molecule has 0 saturated carbocycles. The number of carboxylic acids is 1. The van der Waals surface area contributed by atoms with Gasteiger partial charge in [0.25, 0.3) is 5.82 Å². The zero-order chi connectivity index (χ0) is 14.2. The minimum atomic E-state index is -1.13. The molecule has 0 aliphatic rings. The van der Waals surface area contributed by atoms with Crippen LogP contribution in [-0.4, -0.2) is 30.8 Å². The van der Waals surface area contributed by atoms with E-state index in [0.717, 1.165) is 16.9 Å². The predicted molar refractivity (Wildman–Crippen MR) is 69.7 cm³/mol. The average molecular weight is 260 g/mol. The van der Waals surface area contributed by atoms with E-state index < -0.39 is 5.97 Å². The molecule has 2 heterocycles. The van der Waals surface area contributed by atoms with E-state index in [1.165, 1.54) is 0 Å². The Morgan fingerprint density at radius 2 is 2.05 bits per heavy atom. The quantitative estimate of drug-likeness (QED) is 0.914. The molecule has 1 N–H and O–H groups in total. The van der Waals surface area contributed by atoms with Crippen LogP contribution in [0.5, 0.6) is 0 Å². The summed E-state index contributed by atoms with van der Waals surface area (Å²) in [6.45, 7) is 7.71. The van der Waals surface area contributed by atoms with Gasteiger partial charge in [-0.3, -0.25) is 4.98 Å². The molecule has 0 saturated heterocycles. The summed E-state index contributed by atoms with van der Waals surface area (Å²) in [6.07, 6.45) is 1.72. The van der Waals surface area contributed by atoms with Crippen LogP contribution in [0.15, 0.2) is 12.3 Å². The Labute approximate surface area is 111 Å². The zero-order valence-corrected chi connectivity index (χ0v) is 11.4. The van der Waals surface area contributed by atoms with Gasteiger partial charge in [0.05, 0.1) is 11.4 Å². The highest BCUT2D eigenvalue weighted by atomic mass is 16.4. The molecule has 0 spiro atoms. The average Bonchev–Trinajstić information content (AvgIpc) is 2.73. The van der Waals surface area contributed by atoms with Crippen molar-refractivity contribution in [1.82, 2.24) is 19.7 Å². The molecule has 0 bridgehead atoms. The van der Waals surface area contributed by atoms with Crippen molar-refractivity contribution in [3.8, 4) is 5.69 Å². The number of aryl methyl sites for hydroxylation is 2. The van der Waals surface area contributed by atoms with Crippen molar-refractivity contribution in [3.63, 3.8) is 0 Å². The van der Waals surface area contributed by atoms with Crippen molar-refractivity contribution in [2.45, 2.75) is 33.6 Å². The number of aromatic nitrogens is 4. The SMILES string of the molecule is Cc1ccnc(C)c1-n1nc(C(=O)O)nc1C(C)C. The van der Waals surface area contributed by atoms with E-state index in [1.807, 2.05) is 33.8 Å². The monoisotopic (exact) mass is 260 g/mol. The van der Waals surface area contributed by atoms with Crippen LogP contribution in [0, 0.1) is 13.8 Å². The number of carbonyl (C=O) groups is 1.